The lowest BCUT2D eigenvalue weighted by Gasteiger charge is -2.23. The van der Waals surface area contributed by atoms with Crippen molar-refractivity contribution in [2.24, 2.45) is 7.05 Å². The Morgan fingerprint density at radius 3 is 2.32 bits per heavy atom. The van der Waals surface area contributed by atoms with E-state index in [0.29, 0.717) is 0 Å². The van der Waals surface area contributed by atoms with Gasteiger partial charge in [0.15, 0.2) is 0 Å². The second kappa shape index (κ2) is 11.5. The van der Waals surface area contributed by atoms with Crippen molar-refractivity contribution in [3.63, 3.8) is 0 Å². The van der Waals surface area contributed by atoms with Crippen molar-refractivity contribution in [1.82, 2.24) is 15.2 Å². The minimum atomic E-state index is -1.29. The summed E-state index contributed by atoms with van der Waals surface area (Å²) in [6, 6.07) is 5.43. The molecule has 0 aliphatic heterocycles. The number of amides is 2. The first kappa shape index (κ1) is 26.7. The Balaban J connectivity index is 2.17. The standard InChI is InChI=1S/C24H33N3O7/c1-7-33-22(30)17(12-15-14-27(5)19-11-9-8-10-16(15)19)25-20(28)13-18(21(29)32-6)26-23(31)34-24(2,3)4/h8-11,14,17-18H,7,12-13H2,1-6H3,(H,25,28)(H,26,31)/t17-,18+/m1/s1. The molecule has 0 fully saturated rings. The smallest absolute Gasteiger partial charge is 0.408 e. The second-order valence-electron chi connectivity index (χ2n) is 8.78. The lowest BCUT2D eigenvalue weighted by Crippen LogP contribution is -2.49. The van der Waals surface area contributed by atoms with Crippen LogP contribution >= 0.6 is 0 Å². The summed E-state index contributed by atoms with van der Waals surface area (Å²) < 4.78 is 16.9. The van der Waals surface area contributed by atoms with E-state index in [9.17, 15) is 19.2 Å². The molecule has 2 atom stereocenters. The molecule has 0 bridgehead atoms. The van der Waals surface area contributed by atoms with Crippen LogP contribution in [-0.4, -0.2) is 59.9 Å². The van der Waals surface area contributed by atoms with Gasteiger partial charge in [0, 0.05) is 30.6 Å². The molecule has 2 aromatic rings. The number of rotatable bonds is 9. The van der Waals surface area contributed by atoms with Crippen LogP contribution in [0.1, 0.15) is 39.7 Å². The Bertz CT molecular complexity index is 1040. The monoisotopic (exact) mass is 475 g/mol. The Labute approximate surface area is 198 Å². The van der Waals surface area contributed by atoms with E-state index in [1.165, 1.54) is 0 Å². The molecule has 0 saturated carbocycles. The minimum absolute atomic E-state index is 0.145. The number of carbonyl (C=O) groups is 4. The molecule has 0 unspecified atom stereocenters. The first-order valence-electron chi connectivity index (χ1n) is 11.0. The third-order valence-electron chi connectivity index (χ3n) is 4.88. The molecular weight excluding hydrogens is 442 g/mol. The third-order valence-corrected chi connectivity index (χ3v) is 4.88. The van der Waals surface area contributed by atoms with E-state index in [0.717, 1.165) is 23.6 Å². The quantitative estimate of drug-likeness (QED) is 0.421. The summed E-state index contributed by atoms with van der Waals surface area (Å²) in [5.74, 6) is -2.05. The number of carbonyl (C=O) groups excluding carboxylic acids is 4. The average molecular weight is 476 g/mol. The normalized spacial score (nSPS) is 13.0. The van der Waals surface area contributed by atoms with Crippen molar-refractivity contribution in [3.05, 3.63) is 36.0 Å². The first-order valence-corrected chi connectivity index (χ1v) is 11.0. The highest BCUT2D eigenvalue weighted by Crippen LogP contribution is 2.22. The number of para-hydroxylation sites is 1. The van der Waals surface area contributed by atoms with Gasteiger partial charge in [0.25, 0.3) is 0 Å². The SMILES string of the molecule is CCOC(=O)[C@@H](Cc1cn(C)c2ccccc12)NC(=O)C[C@H](NC(=O)OC(C)(C)C)C(=O)OC. The largest absolute Gasteiger partial charge is 0.467 e. The molecule has 0 saturated heterocycles. The van der Waals surface area contributed by atoms with E-state index in [-0.39, 0.29) is 13.0 Å². The Hall–Kier alpha value is -3.56. The lowest BCUT2D eigenvalue weighted by molar-refractivity contribution is -0.148. The molecule has 10 nitrogen and oxygen atoms in total. The molecule has 0 radical (unpaired) electrons. The van der Waals surface area contributed by atoms with Crippen molar-refractivity contribution in [3.8, 4) is 0 Å². The number of aromatic nitrogens is 1. The average Bonchev–Trinajstić information content (AvgIpc) is 3.06. The third kappa shape index (κ3) is 7.50. The number of benzene rings is 1. The number of hydrogen-bond donors (Lipinski definition) is 2. The van der Waals surface area contributed by atoms with Gasteiger partial charge in [-0.15, -0.1) is 0 Å². The summed E-state index contributed by atoms with van der Waals surface area (Å²) in [6.07, 6.45) is 0.768. The van der Waals surface area contributed by atoms with E-state index in [1.54, 1.807) is 27.7 Å². The maximum Gasteiger partial charge on any atom is 0.408 e. The number of aryl methyl sites for hydroxylation is 1. The molecule has 2 N–H and O–H groups in total. The predicted octanol–water partition coefficient (Wildman–Crippen LogP) is 2.23. The zero-order valence-corrected chi connectivity index (χ0v) is 20.5. The van der Waals surface area contributed by atoms with Crippen molar-refractivity contribution >= 4 is 34.8 Å². The van der Waals surface area contributed by atoms with Crippen molar-refractivity contribution in [2.75, 3.05) is 13.7 Å². The number of alkyl carbamates (subject to hydrolysis) is 1. The fourth-order valence-corrected chi connectivity index (χ4v) is 3.47. The van der Waals surface area contributed by atoms with E-state index < -0.39 is 48.0 Å². The molecule has 1 aromatic heterocycles. The molecule has 10 heteroatoms. The van der Waals surface area contributed by atoms with Crippen LogP contribution in [-0.2, 0) is 42.1 Å². The van der Waals surface area contributed by atoms with E-state index in [4.69, 9.17) is 14.2 Å². The number of nitrogens with zero attached hydrogens (tertiary/aromatic N) is 1. The number of fused-ring (bicyclic) bond motifs is 1. The van der Waals surface area contributed by atoms with Crippen LogP contribution < -0.4 is 10.6 Å². The number of esters is 2. The molecule has 0 aliphatic rings. The van der Waals surface area contributed by atoms with Crippen molar-refractivity contribution in [1.29, 1.82) is 0 Å². The highest BCUT2D eigenvalue weighted by Gasteiger charge is 2.30. The minimum Gasteiger partial charge on any atom is -0.467 e. The predicted molar refractivity (Wildman–Crippen MR) is 125 cm³/mol. The topological polar surface area (TPSA) is 125 Å². The van der Waals surface area contributed by atoms with Gasteiger partial charge in [-0.05, 0) is 39.3 Å². The highest BCUT2D eigenvalue weighted by atomic mass is 16.6. The molecular formula is C24H33N3O7. The lowest BCUT2D eigenvalue weighted by atomic mass is 10.0. The van der Waals surface area contributed by atoms with Gasteiger partial charge in [-0.3, -0.25) is 4.79 Å². The van der Waals surface area contributed by atoms with Crippen LogP contribution in [0.5, 0.6) is 0 Å². The number of ether oxygens (including phenoxy) is 3. The van der Waals surface area contributed by atoms with Gasteiger partial charge >= 0.3 is 18.0 Å². The van der Waals surface area contributed by atoms with E-state index in [2.05, 4.69) is 10.6 Å². The maximum absolute atomic E-state index is 12.8. The van der Waals surface area contributed by atoms with Crippen LogP contribution in [0.25, 0.3) is 10.9 Å². The molecule has 0 aliphatic carbocycles. The maximum atomic E-state index is 12.8. The van der Waals surface area contributed by atoms with Gasteiger partial charge in [0.2, 0.25) is 5.91 Å². The Morgan fingerprint density at radius 1 is 1.03 bits per heavy atom. The number of methoxy groups -OCH3 is 1. The summed E-state index contributed by atoms with van der Waals surface area (Å²) in [6.45, 7) is 6.83. The molecule has 186 valence electrons. The van der Waals surface area contributed by atoms with E-state index >= 15 is 0 Å². The van der Waals surface area contributed by atoms with Crippen LogP contribution in [0.4, 0.5) is 4.79 Å². The zero-order valence-electron chi connectivity index (χ0n) is 20.5. The van der Waals surface area contributed by atoms with Crippen molar-refractivity contribution in [2.45, 2.75) is 58.2 Å². The molecule has 0 spiro atoms. The van der Waals surface area contributed by atoms with Gasteiger partial charge in [-0.25, -0.2) is 14.4 Å². The van der Waals surface area contributed by atoms with Crippen LogP contribution in [0, 0.1) is 0 Å². The van der Waals surface area contributed by atoms with E-state index in [1.807, 2.05) is 42.1 Å². The molecule has 2 rings (SSSR count). The van der Waals surface area contributed by atoms with Crippen LogP contribution in [0.15, 0.2) is 30.5 Å². The van der Waals surface area contributed by atoms with Crippen molar-refractivity contribution < 1.29 is 33.4 Å². The van der Waals surface area contributed by atoms with Gasteiger partial charge in [0.05, 0.1) is 20.1 Å². The fraction of sp³-hybridized carbons (Fsp3) is 0.500. The highest BCUT2D eigenvalue weighted by molar-refractivity contribution is 5.91. The van der Waals surface area contributed by atoms with Crippen LogP contribution in [0.3, 0.4) is 0 Å². The van der Waals surface area contributed by atoms with Gasteiger partial charge in [-0.2, -0.15) is 0 Å². The Kier molecular flexibility index (Phi) is 9.05. The summed E-state index contributed by atoms with van der Waals surface area (Å²) in [7, 11) is 3.04. The summed E-state index contributed by atoms with van der Waals surface area (Å²) in [5, 5.41) is 5.93. The fourth-order valence-electron chi connectivity index (χ4n) is 3.47. The molecule has 34 heavy (non-hydrogen) atoms. The Morgan fingerprint density at radius 2 is 1.71 bits per heavy atom. The summed E-state index contributed by atoms with van der Waals surface area (Å²) in [5.41, 5.74) is 1.05. The summed E-state index contributed by atoms with van der Waals surface area (Å²) in [4.78, 5) is 49.7. The molecule has 1 aromatic carbocycles. The second-order valence-corrected chi connectivity index (χ2v) is 8.78. The summed E-state index contributed by atoms with van der Waals surface area (Å²) >= 11 is 0. The van der Waals surface area contributed by atoms with Gasteiger partial charge in [0.1, 0.15) is 17.7 Å². The zero-order chi connectivity index (χ0) is 25.5. The van der Waals surface area contributed by atoms with Crippen LogP contribution in [0.2, 0.25) is 0 Å². The number of hydrogen-bond acceptors (Lipinski definition) is 7. The molecule has 1 heterocycles. The first-order chi connectivity index (χ1) is 15.9. The molecule has 2 amide bonds. The van der Waals surface area contributed by atoms with Gasteiger partial charge in [-0.1, -0.05) is 18.2 Å². The van der Waals surface area contributed by atoms with Gasteiger partial charge < -0.3 is 29.4 Å². The number of nitrogens with one attached hydrogen (secondary N) is 2.